The van der Waals surface area contributed by atoms with E-state index >= 15 is 0 Å². The van der Waals surface area contributed by atoms with Gasteiger partial charge in [-0.15, -0.1) is 0 Å². The summed E-state index contributed by atoms with van der Waals surface area (Å²) in [7, 11) is 0. The molecule has 1 aliphatic rings. The molecule has 1 fully saturated rings. The van der Waals surface area contributed by atoms with Crippen molar-refractivity contribution in [2.75, 3.05) is 26.2 Å². The third-order valence-corrected chi connectivity index (χ3v) is 3.13. The van der Waals surface area contributed by atoms with Crippen molar-refractivity contribution in [3.05, 3.63) is 0 Å². The number of carbonyl (C=O) groups excluding carboxylic acids is 1. The molecule has 104 valence electrons. The Morgan fingerprint density at radius 3 is 2.67 bits per heavy atom. The molecule has 0 bridgehead atoms. The number of rotatable bonds is 6. The second kappa shape index (κ2) is 7.36. The maximum Gasteiger partial charge on any atom is 0.323 e. The van der Waals surface area contributed by atoms with Gasteiger partial charge in [-0.25, -0.2) is 0 Å². The van der Waals surface area contributed by atoms with Gasteiger partial charge < -0.3 is 15.3 Å². The summed E-state index contributed by atoms with van der Waals surface area (Å²) in [5.41, 5.74) is 0. The highest BCUT2D eigenvalue weighted by Gasteiger charge is 2.22. The van der Waals surface area contributed by atoms with E-state index in [0.717, 1.165) is 25.9 Å². The number of amides is 1. The molecule has 0 spiro atoms. The lowest BCUT2D eigenvalue weighted by Crippen LogP contribution is -2.40. The maximum absolute atomic E-state index is 12.1. The molecule has 0 aliphatic carbocycles. The highest BCUT2D eigenvalue weighted by molar-refractivity contribution is 5.81. The first-order chi connectivity index (χ1) is 8.49. The number of nitrogens with zero attached hydrogens (tertiary/aromatic N) is 1. The number of hydrogen-bond acceptors (Lipinski definition) is 3. The van der Waals surface area contributed by atoms with Crippen LogP contribution in [0.15, 0.2) is 0 Å². The molecule has 1 amide bonds. The van der Waals surface area contributed by atoms with E-state index in [1.165, 1.54) is 4.90 Å². The monoisotopic (exact) mass is 256 g/mol. The second-order valence-electron chi connectivity index (χ2n) is 5.48. The van der Waals surface area contributed by atoms with Gasteiger partial charge in [-0.05, 0) is 37.8 Å². The minimum atomic E-state index is -0.939. The van der Waals surface area contributed by atoms with Gasteiger partial charge in [0.05, 0.1) is 0 Å². The van der Waals surface area contributed by atoms with Gasteiger partial charge in [0.15, 0.2) is 0 Å². The Morgan fingerprint density at radius 1 is 1.44 bits per heavy atom. The average Bonchev–Trinajstić information content (AvgIpc) is 2.28. The molecule has 1 saturated heterocycles. The second-order valence-corrected chi connectivity index (χ2v) is 5.48. The fraction of sp³-hybridized carbons (Fsp3) is 0.846. The number of carboxylic acids is 1. The van der Waals surface area contributed by atoms with E-state index in [4.69, 9.17) is 5.11 Å². The summed E-state index contributed by atoms with van der Waals surface area (Å²) in [4.78, 5) is 24.4. The normalized spacial score (nSPS) is 19.8. The van der Waals surface area contributed by atoms with Gasteiger partial charge in [0.1, 0.15) is 6.54 Å². The predicted molar refractivity (Wildman–Crippen MR) is 69.3 cm³/mol. The third-order valence-electron chi connectivity index (χ3n) is 3.13. The fourth-order valence-electron chi connectivity index (χ4n) is 2.33. The number of aliphatic carboxylic acids is 1. The molecule has 0 radical (unpaired) electrons. The van der Waals surface area contributed by atoms with Crippen LogP contribution < -0.4 is 5.32 Å². The lowest BCUT2D eigenvalue weighted by Gasteiger charge is -2.27. The number of piperidine rings is 1. The van der Waals surface area contributed by atoms with Crippen LogP contribution in [0.4, 0.5) is 0 Å². The van der Waals surface area contributed by atoms with Crippen LogP contribution in [0.2, 0.25) is 0 Å². The Hall–Kier alpha value is -1.10. The van der Waals surface area contributed by atoms with Crippen LogP contribution in [-0.2, 0) is 9.59 Å². The van der Waals surface area contributed by atoms with Crippen molar-refractivity contribution in [3.8, 4) is 0 Å². The molecule has 0 saturated carbocycles. The van der Waals surface area contributed by atoms with Crippen LogP contribution in [0, 0.1) is 11.8 Å². The Kier molecular flexibility index (Phi) is 6.12. The topological polar surface area (TPSA) is 69.6 Å². The standard InChI is InChI=1S/C13H24N2O3/c1-10(2)8-15(9-13(17)18)12(16)6-11-4-3-5-14-7-11/h10-11,14H,3-9H2,1-2H3,(H,17,18). The number of carbonyl (C=O) groups is 2. The summed E-state index contributed by atoms with van der Waals surface area (Å²) in [6, 6.07) is 0. The van der Waals surface area contributed by atoms with Crippen molar-refractivity contribution in [2.45, 2.75) is 33.1 Å². The Labute approximate surface area is 109 Å². The van der Waals surface area contributed by atoms with E-state index in [0.29, 0.717) is 18.9 Å². The summed E-state index contributed by atoms with van der Waals surface area (Å²) < 4.78 is 0. The molecule has 2 N–H and O–H groups in total. The number of hydrogen-bond donors (Lipinski definition) is 2. The van der Waals surface area contributed by atoms with Gasteiger partial charge in [0.25, 0.3) is 0 Å². The minimum Gasteiger partial charge on any atom is -0.480 e. The van der Waals surface area contributed by atoms with E-state index in [1.807, 2.05) is 13.8 Å². The summed E-state index contributed by atoms with van der Waals surface area (Å²) in [6.45, 7) is 6.21. The molecule has 18 heavy (non-hydrogen) atoms. The van der Waals surface area contributed by atoms with E-state index in [2.05, 4.69) is 5.32 Å². The van der Waals surface area contributed by atoms with Gasteiger partial charge >= 0.3 is 5.97 Å². The molecule has 0 aromatic heterocycles. The fourth-order valence-corrected chi connectivity index (χ4v) is 2.33. The number of carboxylic acid groups (broad SMARTS) is 1. The summed E-state index contributed by atoms with van der Waals surface area (Å²) in [5.74, 6) is -0.321. The predicted octanol–water partition coefficient (Wildman–Crippen LogP) is 0.945. The highest BCUT2D eigenvalue weighted by Crippen LogP contribution is 2.16. The quantitative estimate of drug-likeness (QED) is 0.742. The lowest BCUT2D eigenvalue weighted by atomic mass is 9.95. The SMILES string of the molecule is CC(C)CN(CC(=O)O)C(=O)CC1CCCNC1. The molecule has 1 aliphatic heterocycles. The van der Waals surface area contributed by atoms with Crippen molar-refractivity contribution in [1.29, 1.82) is 0 Å². The zero-order chi connectivity index (χ0) is 13.5. The molecular formula is C13H24N2O3. The summed E-state index contributed by atoms with van der Waals surface area (Å²) >= 11 is 0. The molecule has 5 heteroatoms. The average molecular weight is 256 g/mol. The molecule has 0 aromatic rings. The zero-order valence-electron chi connectivity index (χ0n) is 11.3. The van der Waals surface area contributed by atoms with Crippen LogP contribution in [0.5, 0.6) is 0 Å². The molecule has 5 nitrogen and oxygen atoms in total. The van der Waals surface area contributed by atoms with Crippen molar-refractivity contribution in [1.82, 2.24) is 10.2 Å². The van der Waals surface area contributed by atoms with Crippen molar-refractivity contribution in [2.24, 2.45) is 11.8 Å². The number of nitrogens with one attached hydrogen (secondary N) is 1. The minimum absolute atomic E-state index is 0.0280. The summed E-state index contributed by atoms with van der Waals surface area (Å²) in [5, 5.41) is 12.1. The highest BCUT2D eigenvalue weighted by atomic mass is 16.4. The molecule has 1 heterocycles. The van der Waals surface area contributed by atoms with Crippen LogP contribution in [0.3, 0.4) is 0 Å². The van der Waals surface area contributed by atoms with Crippen LogP contribution >= 0.6 is 0 Å². The van der Waals surface area contributed by atoms with Crippen molar-refractivity contribution >= 4 is 11.9 Å². The van der Waals surface area contributed by atoms with E-state index in [9.17, 15) is 9.59 Å². The maximum atomic E-state index is 12.1. The van der Waals surface area contributed by atoms with E-state index in [-0.39, 0.29) is 18.4 Å². The van der Waals surface area contributed by atoms with Gasteiger partial charge in [0.2, 0.25) is 5.91 Å². The molecule has 1 unspecified atom stereocenters. The van der Waals surface area contributed by atoms with Gasteiger partial charge in [0, 0.05) is 13.0 Å². The third kappa shape index (κ3) is 5.49. The zero-order valence-corrected chi connectivity index (χ0v) is 11.3. The molecular weight excluding hydrogens is 232 g/mol. The Bertz CT molecular complexity index is 286. The Morgan fingerprint density at radius 2 is 2.17 bits per heavy atom. The van der Waals surface area contributed by atoms with Crippen LogP contribution in [0.1, 0.15) is 33.1 Å². The largest absolute Gasteiger partial charge is 0.480 e. The first kappa shape index (κ1) is 15.0. The van der Waals surface area contributed by atoms with Gasteiger partial charge in [-0.1, -0.05) is 13.8 Å². The van der Waals surface area contributed by atoms with Crippen LogP contribution in [-0.4, -0.2) is 48.1 Å². The van der Waals surface area contributed by atoms with Crippen molar-refractivity contribution in [3.63, 3.8) is 0 Å². The first-order valence-electron chi connectivity index (χ1n) is 6.69. The summed E-state index contributed by atoms with van der Waals surface area (Å²) in [6.07, 6.45) is 2.62. The first-order valence-corrected chi connectivity index (χ1v) is 6.69. The lowest BCUT2D eigenvalue weighted by molar-refractivity contribution is -0.145. The van der Waals surface area contributed by atoms with E-state index < -0.39 is 5.97 Å². The van der Waals surface area contributed by atoms with Crippen molar-refractivity contribution < 1.29 is 14.7 Å². The van der Waals surface area contributed by atoms with Gasteiger partial charge in [-0.2, -0.15) is 0 Å². The van der Waals surface area contributed by atoms with E-state index in [1.54, 1.807) is 0 Å². The molecule has 0 aromatic carbocycles. The molecule has 1 rings (SSSR count). The smallest absolute Gasteiger partial charge is 0.323 e. The van der Waals surface area contributed by atoms with Crippen LogP contribution in [0.25, 0.3) is 0 Å². The Balaban J connectivity index is 2.48. The molecule has 1 atom stereocenters. The van der Waals surface area contributed by atoms with Gasteiger partial charge in [-0.3, -0.25) is 9.59 Å².